The molecule has 0 spiro atoms. The zero-order chi connectivity index (χ0) is 14.0. The van der Waals surface area contributed by atoms with Gasteiger partial charge >= 0.3 is 6.09 Å². The van der Waals surface area contributed by atoms with Crippen LogP contribution < -0.4 is 0 Å². The minimum absolute atomic E-state index is 0.191. The van der Waals surface area contributed by atoms with E-state index < -0.39 is 5.60 Å². The van der Waals surface area contributed by atoms with Gasteiger partial charge in [-0.25, -0.2) is 4.79 Å². The molecule has 110 valence electrons. The van der Waals surface area contributed by atoms with Gasteiger partial charge in [-0.3, -0.25) is 0 Å². The van der Waals surface area contributed by atoms with Crippen molar-refractivity contribution < 1.29 is 14.3 Å². The van der Waals surface area contributed by atoms with Crippen LogP contribution in [0.3, 0.4) is 0 Å². The molecule has 1 heterocycles. The average molecular weight is 269 g/mol. The molecule has 4 nitrogen and oxygen atoms in total. The van der Waals surface area contributed by atoms with Crippen LogP contribution in [0.15, 0.2) is 0 Å². The van der Waals surface area contributed by atoms with Crippen molar-refractivity contribution >= 4 is 6.09 Å². The largest absolute Gasteiger partial charge is 0.444 e. The van der Waals surface area contributed by atoms with E-state index in [9.17, 15) is 4.79 Å². The van der Waals surface area contributed by atoms with Crippen LogP contribution in [-0.2, 0) is 9.47 Å². The zero-order valence-corrected chi connectivity index (χ0v) is 12.6. The second-order valence-electron chi connectivity index (χ2n) is 7.00. The summed E-state index contributed by atoms with van der Waals surface area (Å²) in [5.41, 5.74) is -0.410. The Hall–Kier alpha value is -0.770. The van der Waals surface area contributed by atoms with E-state index >= 15 is 0 Å². The molecule has 0 N–H and O–H groups in total. The Morgan fingerprint density at radius 2 is 1.68 bits per heavy atom. The van der Waals surface area contributed by atoms with E-state index in [1.165, 1.54) is 12.8 Å². The molecule has 1 aliphatic carbocycles. The molecule has 0 aromatic rings. The first kappa shape index (κ1) is 14.6. The number of amides is 1. The lowest BCUT2D eigenvalue weighted by molar-refractivity contribution is -0.0905. The predicted octanol–water partition coefficient (Wildman–Crippen LogP) is 3.20. The highest BCUT2D eigenvalue weighted by molar-refractivity contribution is 5.68. The van der Waals surface area contributed by atoms with Crippen molar-refractivity contribution in [1.29, 1.82) is 0 Å². The first-order chi connectivity index (χ1) is 8.83. The highest BCUT2D eigenvalue weighted by Crippen LogP contribution is 2.31. The van der Waals surface area contributed by atoms with Crippen molar-refractivity contribution in [2.75, 3.05) is 13.1 Å². The Labute approximate surface area is 116 Å². The van der Waals surface area contributed by atoms with E-state index in [1.54, 1.807) is 4.90 Å². The number of carbonyl (C=O) groups excluding carboxylic acids is 1. The van der Waals surface area contributed by atoms with Crippen LogP contribution in [0.4, 0.5) is 4.79 Å². The minimum Gasteiger partial charge on any atom is -0.444 e. The third-order valence-electron chi connectivity index (χ3n) is 3.81. The summed E-state index contributed by atoms with van der Waals surface area (Å²) in [5, 5.41) is 0. The summed E-state index contributed by atoms with van der Waals surface area (Å²) in [4.78, 5) is 13.7. The van der Waals surface area contributed by atoms with Gasteiger partial charge in [0.1, 0.15) is 5.60 Å². The third-order valence-corrected chi connectivity index (χ3v) is 3.81. The van der Waals surface area contributed by atoms with Gasteiger partial charge in [0.05, 0.1) is 12.2 Å². The molecule has 2 fully saturated rings. The topological polar surface area (TPSA) is 38.8 Å². The normalized spacial score (nSPS) is 28.9. The Morgan fingerprint density at radius 3 is 2.16 bits per heavy atom. The van der Waals surface area contributed by atoms with Gasteiger partial charge in [-0.15, -0.1) is 0 Å². The number of carbonyl (C=O) groups is 1. The molecule has 2 aliphatic rings. The lowest BCUT2D eigenvalue weighted by atomic mass is 9.84. The van der Waals surface area contributed by atoms with Crippen molar-refractivity contribution in [3.63, 3.8) is 0 Å². The molecule has 0 atom stereocenters. The molecule has 0 aromatic heterocycles. The van der Waals surface area contributed by atoms with E-state index in [-0.39, 0.29) is 6.09 Å². The van der Waals surface area contributed by atoms with E-state index in [0.717, 1.165) is 31.8 Å². The summed E-state index contributed by atoms with van der Waals surface area (Å²) < 4.78 is 11.4. The number of hydrogen-bond donors (Lipinski definition) is 0. The van der Waals surface area contributed by atoms with Crippen molar-refractivity contribution in [3.8, 4) is 0 Å². The maximum absolute atomic E-state index is 11.9. The number of rotatable bonds is 2. The molecular formula is C15H27NO3. The summed E-state index contributed by atoms with van der Waals surface area (Å²) in [6, 6.07) is 0. The second kappa shape index (κ2) is 5.70. The minimum atomic E-state index is -0.410. The van der Waals surface area contributed by atoms with Crippen molar-refractivity contribution in [3.05, 3.63) is 0 Å². The average Bonchev–Trinajstić information content (AvgIpc) is 2.25. The summed E-state index contributed by atoms with van der Waals surface area (Å²) in [6.45, 7) is 9.48. The van der Waals surface area contributed by atoms with Crippen LogP contribution in [0.5, 0.6) is 0 Å². The molecule has 1 amide bonds. The molecular weight excluding hydrogens is 242 g/mol. The van der Waals surface area contributed by atoms with Gasteiger partial charge < -0.3 is 14.4 Å². The number of hydrogen-bond acceptors (Lipinski definition) is 3. The summed E-state index contributed by atoms with van der Waals surface area (Å²) in [7, 11) is 0. The Bertz CT molecular complexity index is 310. The second-order valence-corrected chi connectivity index (χ2v) is 7.00. The number of nitrogens with zero attached hydrogens (tertiary/aromatic N) is 1. The van der Waals surface area contributed by atoms with E-state index in [2.05, 4.69) is 6.92 Å². The lowest BCUT2D eigenvalue weighted by Crippen LogP contribution is -2.45. The highest BCUT2D eigenvalue weighted by Gasteiger charge is 2.32. The molecule has 0 radical (unpaired) electrons. The summed E-state index contributed by atoms with van der Waals surface area (Å²) in [5.74, 6) is 0.826. The van der Waals surface area contributed by atoms with E-state index in [0.29, 0.717) is 12.2 Å². The maximum Gasteiger partial charge on any atom is 0.410 e. The molecule has 1 saturated heterocycles. The van der Waals surface area contributed by atoms with Gasteiger partial charge in [0.15, 0.2) is 0 Å². The highest BCUT2D eigenvalue weighted by atomic mass is 16.6. The van der Waals surface area contributed by atoms with Crippen LogP contribution in [-0.4, -0.2) is 41.9 Å². The van der Waals surface area contributed by atoms with Gasteiger partial charge in [0.2, 0.25) is 0 Å². The van der Waals surface area contributed by atoms with Crippen LogP contribution >= 0.6 is 0 Å². The first-order valence-corrected chi connectivity index (χ1v) is 7.47. The summed E-state index contributed by atoms with van der Waals surface area (Å²) >= 11 is 0. The van der Waals surface area contributed by atoms with Gasteiger partial charge in [-0.2, -0.15) is 0 Å². The number of ether oxygens (including phenoxy) is 2. The molecule has 4 heteroatoms. The Morgan fingerprint density at radius 1 is 1.11 bits per heavy atom. The fraction of sp³-hybridized carbons (Fsp3) is 0.933. The van der Waals surface area contributed by atoms with Crippen molar-refractivity contribution in [2.24, 2.45) is 5.92 Å². The third kappa shape index (κ3) is 4.37. The quantitative estimate of drug-likeness (QED) is 0.772. The molecule has 0 bridgehead atoms. The molecule has 1 saturated carbocycles. The van der Waals surface area contributed by atoms with Crippen molar-refractivity contribution in [1.82, 2.24) is 4.90 Å². The molecule has 2 rings (SSSR count). The predicted molar refractivity (Wildman–Crippen MR) is 74.1 cm³/mol. The van der Waals surface area contributed by atoms with Crippen LogP contribution in [0.25, 0.3) is 0 Å². The molecule has 1 aliphatic heterocycles. The maximum atomic E-state index is 11.9. The van der Waals surface area contributed by atoms with Gasteiger partial charge in [-0.05, 0) is 52.4 Å². The number of likely N-dealkylation sites (tertiary alicyclic amines) is 1. The SMILES string of the molecule is CC1CC(OC2CCN(C(=O)OC(C)(C)C)CC2)C1. The Balaban J connectivity index is 1.68. The van der Waals surface area contributed by atoms with Gasteiger partial charge in [-0.1, -0.05) is 6.92 Å². The zero-order valence-electron chi connectivity index (χ0n) is 12.6. The standard InChI is InChI=1S/C15H27NO3/c1-11-9-13(10-11)18-12-5-7-16(8-6-12)14(17)19-15(2,3)4/h11-13H,5-10H2,1-4H3. The fourth-order valence-corrected chi connectivity index (χ4v) is 2.71. The fourth-order valence-electron chi connectivity index (χ4n) is 2.71. The Kier molecular flexibility index (Phi) is 4.39. The van der Waals surface area contributed by atoms with Gasteiger partial charge in [0, 0.05) is 13.1 Å². The number of piperidine rings is 1. The van der Waals surface area contributed by atoms with Crippen molar-refractivity contribution in [2.45, 2.75) is 71.2 Å². The van der Waals surface area contributed by atoms with Crippen LogP contribution in [0.1, 0.15) is 53.4 Å². The summed E-state index contributed by atoms with van der Waals surface area (Å²) in [6.07, 6.45) is 4.87. The molecule has 19 heavy (non-hydrogen) atoms. The monoisotopic (exact) mass is 269 g/mol. The van der Waals surface area contributed by atoms with Crippen LogP contribution in [0.2, 0.25) is 0 Å². The van der Waals surface area contributed by atoms with Crippen LogP contribution in [0, 0.1) is 5.92 Å². The first-order valence-electron chi connectivity index (χ1n) is 7.47. The smallest absolute Gasteiger partial charge is 0.410 e. The van der Waals surface area contributed by atoms with E-state index in [4.69, 9.17) is 9.47 Å². The van der Waals surface area contributed by atoms with E-state index in [1.807, 2.05) is 20.8 Å². The van der Waals surface area contributed by atoms with Gasteiger partial charge in [0.25, 0.3) is 0 Å². The molecule has 0 aromatic carbocycles. The molecule has 0 unspecified atom stereocenters. The lowest BCUT2D eigenvalue weighted by Gasteiger charge is -2.39.